The van der Waals surface area contributed by atoms with Crippen molar-refractivity contribution in [2.45, 2.75) is 39.3 Å². The molecule has 3 amide bonds. The predicted octanol–water partition coefficient (Wildman–Crippen LogP) is 1.49. The normalized spacial score (nSPS) is 22.0. The standard InChI is InChI=1S/C21H24N2O5/c1-13-7-9-15(10-8-13)11-22-19(25)14(2)28-18(24)12-23-20(26)16-5-3-4-6-17(16)21(23)27/h3-4,7-10,14,16-17H,5-6,11-12H2,1-2H3,(H,22,25)/t14-,16-,17+/m1/s1. The van der Waals surface area contributed by atoms with Crippen LogP contribution in [-0.4, -0.2) is 41.2 Å². The average molecular weight is 384 g/mol. The Morgan fingerprint density at radius 1 is 1.11 bits per heavy atom. The first-order valence-corrected chi connectivity index (χ1v) is 9.39. The molecular formula is C21H24N2O5. The fourth-order valence-electron chi connectivity index (χ4n) is 3.48. The Morgan fingerprint density at radius 3 is 2.25 bits per heavy atom. The lowest BCUT2D eigenvalue weighted by Gasteiger charge is -2.17. The van der Waals surface area contributed by atoms with Crippen LogP contribution >= 0.6 is 0 Å². The van der Waals surface area contributed by atoms with Crippen LogP contribution in [0, 0.1) is 18.8 Å². The Labute approximate surface area is 163 Å². The molecule has 7 heteroatoms. The number of hydrogen-bond acceptors (Lipinski definition) is 5. The van der Waals surface area contributed by atoms with Gasteiger partial charge in [0, 0.05) is 6.54 Å². The van der Waals surface area contributed by atoms with Gasteiger partial charge >= 0.3 is 5.97 Å². The zero-order chi connectivity index (χ0) is 20.3. The SMILES string of the molecule is Cc1ccc(CNC(=O)[C@@H](C)OC(=O)CN2C(=O)[C@H]3CC=CC[C@H]3C2=O)cc1. The van der Waals surface area contributed by atoms with Crippen LogP contribution < -0.4 is 5.32 Å². The van der Waals surface area contributed by atoms with E-state index in [0.717, 1.165) is 16.0 Å². The fraction of sp³-hybridized carbons (Fsp3) is 0.429. The number of amides is 3. The summed E-state index contributed by atoms with van der Waals surface area (Å²) in [6.45, 7) is 3.30. The van der Waals surface area contributed by atoms with Gasteiger partial charge in [-0.3, -0.25) is 24.1 Å². The summed E-state index contributed by atoms with van der Waals surface area (Å²) in [5.74, 6) is -2.67. The molecule has 0 aromatic heterocycles. The van der Waals surface area contributed by atoms with Crippen molar-refractivity contribution in [1.29, 1.82) is 0 Å². The number of imide groups is 1. The van der Waals surface area contributed by atoms with Crippen LogP contribution in [0.15, 0.2) is 36.4 Å². The Hall–Kier alpha value is -2.96. The van der Waals surface area contributed by atoms with Crippen LogP contribution in [0.25, 0.3) is 0 Å². The molecule has 1 saturated heterocycles. The Morgan fingerprint density at radius 2 is 1.68 bits per heavy atom. The van der Waals surface area contributed by atoms with E-state index in [0.29, 0.717) is 19.4 Å². The monoisotopic (exact) mass is 384 g/mol. The summed E-state index contributed by atoms with van der Waals surface area (Å²) in [5, 5.41) is 2.70. The molecule has 1 aliphatic carbocycles. The summed E-state index contributed by atoms with van der Waals surface area (Å²) in [7, 11) is 0. The van der Waals surface area contributed by atoms with Crippen molar-refractivity contribution >= 4 is 23.7 Å². The molecule has 1 aromatic carbocycles. The minimum absolute atomic E-state index is 0.320. The molecule has 1 fully saturated rings. The van der Waals surface area contributed by atoms with Gasteiger partial charge in [-0.25, -0.2) is 0 Å². The predicted molar refractivity (Wildman–Crippen MR) is 101 cm³/mol. The first-order chi connectivity index (χ1) is 13.4. The third-order valence-electron chi connectivity index (χ3n) is 5.15. The zero-order valence-corrected chi connectivity index (χ0v) is 16.0. The number of benzene rings is 1. The van der Waals surface area contributed by atoms with Gasteiger partial charge in [-0.05, 0) is 32.3 Å². The van der Waals surface area contributed by atoms with E-state index >= 15 is 0 Å². The number of ether oxygens (including phenoxy) is 1. The highest BCUT2D eigenvalue weighted by Gasteiger charge is 2.47. The molecule has 1 aromatic rings. The van der Waals surface area contributed by atoms with Crippen molar-refractivity contribution in [3.05, 3.63) is 47.5 Å². The van der Waals surface area contributed by atoms with Crippen LogP contribution in [0.4, 0.5) is 0 Å². The first kappa shape index (κ1) is 19.8. The van der Waals surface area contributed by atoms with Crippen LogP contribution in [-0.2, 0) is 30.5 Å². The Balaban J connectivity index is 1.48. The van der Waals surface area contributed by atoms with E-state index in [1.165, 1.54) is 6.92 Å². The second-order valence-electron chi connectivity index (χ2n) is 7.25. The summed E-state index contributed by atoms with van der Waals surface area (Å²) in [6, 6.07) is 7.71. The maximum absolute atomic E-state index is 12.4. The molecule has 2 aliphatic rings. The minimum atomic E-state index is -1.02. The topological polar surface area (TPSA) is 92.8 Å². The van der Waals surface area contributed by atoms with Gasteiger partial charge in [0.2, 0.25) is 11.8 Å². The molecule has 1 heterocycles. The average Bonchev–Trinajstić information content (AvgIpc) is 2.92. The number of aryl methyl sites for hydroxylation is 1. The fourth-order valence-corrected chi connectivity index (χ4v) is 3.48. The third-order valence-corrected chi connectivity index (χ3v) is 5.15. The van der Waals surface area contributed by atoms with Gasteiger partial charge in [-0.1, -0.05) is 42.0 Å². The van der Waals surface area contributed by atoms with Crippen LogP contribution in [0.2, 0.25) is 0 Å². The number of rotatable bonds is 6. The van der Waals surface area contributed by atoms with E-state index in [4.69, 9.17) is 4.74 Å². The van der Waals surface area contributed by atoms with E-state index in [1.807, 2.05) is 43.3 Å². The second kappa shape index (κ2) is 8.37. The van der Waals surface area contributed by atoms with E-state index in [9.17, 15) is 19.2 Å². The molecule has 0 radical (unpaired) electrons. The van der Waals surface area contributed by atoms with Crippen molar-refractivity contribution < 1.29 is 23.9 Å². The smallest absolute Gasteiger partial charge is 0.326 e. The molecule has 0 bridgehead atoms. The maximum atomic E-state index is 12.4. The van der Waals surface area contributed by atoms with Gasteiger partial charge in [0.15, 0.2) is 6.10 Å². The molecule has 3 rings (SSSR count). The summed E-state index contributed by atoms with van der Waals surface area (Å²) in [4.78, 5) is 50.0. The van der Waals surface area contributed by atoms with E-state index in [2.05, 4.69) is 5.32 Å². The van der Waals surface area contributed by atoms with Crippen molar-refractivity contribution in [3.63, 3.8) is 0 Å². The van der Waals surface area contributed by atoms with Crippen molar-refractivity contribution in [2.75, 3.05) is 6.54 Å². The van der Waals surface area contributed by atoms with Crippen LogP contribution in [0.5, 0.6) is 0 Å². The van der Waals surface area contributed by atoms with Crippen LogP contribution in [0.3, 0.4) is 0 Å². The zero-order valence-electron chi connectivity index (χ0n) is 16.0. The molecule has 0 spiro atoms. The molecule has 1 aliphatic heterocycles. The Bertz CT molecular complexity index is 789. The maximum Gasteiger partial charge on any atom is 0.326 e. The molecule has 148 valence electrons. The number of esters is 1. The number of fused-ring (bicyclic) bond motifs is 1. The second-order valence-corrected chi connectivity index (χ2v) is 7.25. The highest BCUT2D eigenvalue weighted by Crippen LogP contribution is 2.34. The van der Waals surface area contributed by atoms with Gasteiger partial charge in [0.1, 0.15) is 6.54 Å². The van der Waals surface area contributed by atoms with E-state index < -0.39 is 24.5 Å². The molecule has 0 saturated carbocycles. The lowest BCUT2D eigenvalue weighted by atomic mass is 9.85. The van der Waals surface area contributed by atoms with Gasteiger partial charge in [0.05, 0.1) is 11.8 Å². The summed E-state index contributed by atoms with van der Waals surface area (Å²) in [6.07, 6.45) is 3.77. The lowest BCUT2D eigenvalue weighted by Crippen LogP contribution is -2.40. The number of hydrogen-bond donors (Lipinski definition) is 1. The van der Waals surface area contributed by atoms with E-state index in [1.54, 1.807) is 0 Å². The largest absolute Gasteiger partial charge is 0.451 e. The van der Waals surface area contributed by atoms with E-state index in [-0.39, 0.29) is 23.7 Å². The highest BCUT2D eigenvalue weighted by molar-refractivity contribution is 6.07. The highest BCUT2D eigenvalue weighted by atomic mass is 16.5. The summed E-state index contributed by atoms with van der Waals surface area (Å²) >= 11 is 0. The number of carbonyl (C=O) groups excluding carboxylic acids is 4. The molecule has 1 N–H and O–H groups in total. The summed E-state index contributed by atoms with van der Waals surface area (Å²) in [5.41, 5.74) is 2.06. The molecule has 0 unspecified atom stereocenters. The third kappa shape index (κ3) is 4.30. The first-order valence-electron chi connectivity index (χ1n) is 9.39. The minimum Gasteiger partial charge on any atom is -0.451 e. The summed E-state index contributed by atoms with van der Waals surface area (Å²) < 4.78 is 5.12. The van der Waals surface area contributed by atoms with Crippen molar-refractivity contribution in [2.24, 2.45) is 11.8 Å². The number of nitrogens with one attached hydrogen (secondary N) is 1. The number of likely N-dealkylation sites (tertiary alicyclic amines) is 1. The lowest BCUT2D eigenvalue weighted by molar-refractivity contribution is -0.159. The van der Waals surface area contributed by atoms with Crippen LogP contribution in [0.1, 0.15) is 30.9 Å². The van der Waals surface area contributed by atoms with Crippen molar-refractivity contribution in [3.8, 4) is 0 Å². The molecule has 28 heavy (non-hydrogen) atoms. The molecule has 3 atom stereocenters. The van der Waals surface area contributed by atoms with Gasteiger partial charge in [0.25, 0.3) is 5.91 Å². The Kier molecular flexibility index (Phi) is 5.92. The van der Waals surface area contributed by atoms with Gasteiger partial charge in [-0.2, -0.15) is 0 Å². The molecule has 7 nitrogen and oxygen atoms in total. The quantitative estimate of drug-likeness (QED) is 0.456. The number of nitrogens with zero attached hydrogens (tertiary/aromatic N) is 1. The van der Waals surface area contributed by atoms with Crippen molar-refractivity contribution in [1.82, 2.24) is 10.2 Å². The van der Waals surface area contributed by atoms with Gasteiger partial charge < -0.3 is 10.1 Å². The number of carbonyl (C=O) groups is 4. The van der Waals surface area contributed by atoms with Gasteiger partial charge in [-0.15, -0.1) is 0 Å². The number of allylic oxidation sites excluding steroid dienone is 2. The molecular weight excluding hydrogens is 360 g/mol.